The second kappa shape index (κ2) is 7.28. The fraction of sp³-hybridized carbons (Fsp3) is 0.412. The van der Waals surface area contributed by atoms with Crippen molar-refractivity contribution in [3.05, 3.63) is 36.4 Å². The number of hydrogen-bond acceptors (Lipinski definition) is 5. The van der Waals surface area contributed by atoms with Crippen molar-refractivity contribution in [2.45, 2.75) is 32.2 Å². The molecule has 6 nitrogen and oxygen atoms in total. The average molecular weight is 318 g/mol. The van der Waals surface area contributed by atoms with Gasteiger partial charge < -0.3 is 19.6 Å². The Kier molecular flexibility index (Phi) is 5.39. The minimum Gasteiger partial charge on any atom is -0.497 e. The SMILES string of the molecule is COc1ccc(-c2cnc(CCC(=O)NC(C)(C)CO)o2)cc1. The summed E-state index contributed by atoms with van der Waals surface area (Å²) in [7, 11) is 1.62. The Balaban J connectivity index is 1.93. The van der Waals surface area contributed by atoms with Crippen molar-refractivity contribution in [3.63, 3.8) is 0 Å². The topological polar surface area (TPSA) is 84.6 Å². The molecule has 2 rings (SSSR count). The first kappa shape index (κ1) is 17.0. The number of aliphatic hydroxyl groups excluding tert-OH is 1. The molecule has 124 valence electrons. The van der Waals surface area contributed by atoms with E-state index in [9.17, 15) is 4.79 Å². The molecule has 1 heterocycles. The van der Waals surface area contributed by atoms with Crippen LogP contribution < -0.4 is 10.1 Å². The minimum atomic E-state index is -0.623. The molecule has 0 atom stereocenters. The van der Waals surface area contributed by atoms with E-state index >= 15 is 0 Å². The molecular weight excluding hydrogens is 296 g/mol. The van der Waals surface area contributed by atoms with Gasteiger partial charge >= 0.3 is 0 Å². The number of nitrogens with one attached hydrogen (secondary N) is 1. The van der Waals surface area contributed by atoms with E-state index in [0.717, 1.165) is 11.3 Å². The van der Waals surface area contributed by atoms with Gasteiger partial charge in [0, 0.05) is 18.4 Å². The van der Waals surface area contributed by atoms with Gasteiger partial charge in [-0.3, -0.25) is 4.79 Å². The van der Waals surface area contributed by atoms with Gasteiger partial charge in [-0.05, 0) is 38.1 Å². The molecule has 23 heavy (non-hydrogen) atoms. The molecule has 1 aromatic carbocycles. The van der Waals surface area contributed by atoms with Gasteiger partial charge in [0.1, 0.15) is 5.75 Å². The second-order valence-corrected chi connectivity index (χ2v) is 5.94. The van der Waals surface area contributed by atoms with Crippen LogP contribution in [0.2, 0.25) is 0 Å². The highest BCUT2D eigenvalue weighted by Gasteiger charge is 2.19. The van der Waals surface area contributed by atoms with Crippen LogP contribution in [0.25, 0.3) is 11.3 Å². The fourth-order valence-electron chi connectivity index (χ4n) is 2.01. The summed E-state index contributed by atoms with van der Waals surface area (Å²) < 4.78 is 10.8. The van der Waals surface area contributed by atoms with Crippen molar-refractivity contribution in [3.8, 4) is 17.1 Å². The molecule has 0 radical (unpaired) electrons. The number of ether oxygens (including phenoxy) is 1. The summed E-state index contributed by atoms with van der Waals surface area (Å²) in [6, 6.07) is 7.48. The Morgan fingerprint density at radius 2 is 2.04 bits per heavy atom. The van der Waals surface area contributed by atoms with Gasteiger partial charge in [-0.15, -0.1) is 0 Å². The summed E-state index contributed by atoms with van der Waals surface area (Å²) in [6.45, 7) is 3.41. The molecule has 0 fully saturated rings. The van der Waals surface area contributed by atoms with E-state index in [4.69, 9.17) is 14.3 Å². The number of oxazole rings is 1. The molecule has 1 aromatic heterocycles. The Hall–Kier alpha value is -2.34. The quantitative estimate of drug-likeness (QED) is 0.817. The number of carbonyl (C=O) groups excluding carboxylic acids is 1. The summed E-state index contributed by atoms with van der Waals surface area (Å²) in [5.74, 6) is 1.79. The lowest BCUT2D eigenvalue weighted by atomic mass is 10.1. The number of nitrogens with zero attached hydrogens (tertiary/aromatic N) is 1. The van der Waals surface area contributed by atoms with Crippen molar-refractivity contribution in [1.82, 2.24) is 10.3 Å². The van der Waals surface area contributed by atoms with Gasteiger partial charge in [-0.2, -0.15) is 0 Å². The number of benzene rings is 1. The lowest BCUT2D eigenvalue weighted by molar-refractivity contribution is -0.123. The van der Waals surface area contributed by atoms with Crippen LogP contribution in [-0.4, -0.2) is 35.3 Å². The van der Waals surface area contributed by atoms with E-state index in [-0.39, 0.29) is 18.9 Å². The van der Waals surface area contributed by atoms with Gasteiger partial charge in [0.2, 0.25) is 5.91 Å². The van der Waals surface area contributed by atoms with Crippen LogP contribution in [0, 0.1) is 0 Å². The molecule has 0 aliphatic heterocycles. The zero-order valence-electron chi connectivity index (χ0n) is 13.6. The van der Waals surface area contributed by atoms with Gasteiger partial charge in [0.05, 0.1) is 25.5 Å². The van der Waals surface area contributed by atoms with Gasteiger partial charge in [0.25, 0.3) is 0 Å². The zero-order valence-corrected chi connectivity index (χ0v) is 13.6. The second-order valence-electron chi connectivity index (χ2n) is 5.94. The van der Waals surface area contributed by atoms with Crippen molar-refractivity contribution >= 4 is 5.91 Å². The highest BCUT2D eigenvalue weighted by molar-refractivity contribution is 5.76. The first-order valence-corrected chi connectivity index (χ1v) is 7.44. The standard InChI is InChI=1S/C17H22N2O4/c1-17(2,11-20)19-15(21)8-9-16-18-10-14(23-16)12-4-6-13(22-3)7-5-12/h4-7,10,20H,8-9,11H2,1-3H3,(H,19,21). The third-order valence-electron chi connectivity index (χ3n) is 3.37. The molecule has 0 aliphatic carbocycles. The van der Waals surface area contributed by atoms with Crippen LogP contribution in [0.3, 0.4) is 0 Å². The number of rotatable bonds is 7. The van der Waals surface area contributed by atoms with Crippen LogP contribution >= 0.6 is 0 Å². The molecule has 0 unspecified atom stereocenters. The highest BCUT2D eigenvalue weighted by Crippen LogP contribution is 2.23. The summed E-state index contributed by atoms with van der Waals surface area (Å²) in [5.41, 5.74) is 0.275. The van der Waals surface area contributed by atoms with E-state index in [1.54, 1.807) is 27.2 Å². The Bertz CT molecular complexity index is 647. The first-order valence-electron chi connectivity index (χ1n) is 7.44. The maximum Gasteiger partial charge on any atom is 0.221 e. The van der Waals surface area contributed by atoms with Crippen LogP contribution in [0.15, 0.2) is 34.9 Å². The highest BCUT2D eigenvalue weighted by atomic mass is 16.5. The fourth-order valence-corrected chi connectivity index (χ4v) is 2.01. The smallest absolute Gasteiger partial charge is 0.221 e. The number of aromatic nitrogens is 1. The van der Waals surface area contributed by atoms with Crippen molar-refractivity contribution in [2.75, 3.05) is 13.7 Å². The number of hydrogen-bond donors (Lipinski definition) is 2. The van der Waals surface area contributed by atoms with E-state index in [2.05, 4.69) is 10.3 Å². The monoisotopic (exact) mass is 318 g/mol. The summed E-state index contributed by atoms with van der Waals surface area (Å²) in [5, 5.41) is 11.9. The summed E-state index contributed by atoms with van der Waals surface area (Å²) >= 11 is 0. The zero-order chi connectivity index (χ0) is 16.9. The number of aryl methyl sites for hydroxylation is 1. The van der Waals surface area contributed by atoms with Crippen molar-refractivity contribution < 1.29 is 19.1 Å². The minimum absolute atomic E-state index is 0.112. The predicted octanol–water partition coefficient (Wildman–Crippen LogP) is 2.17. The maximum absolute atomic E-state index is 11.8. The van der Waals surface area contributed by atoms with E-state index in [1.165, 1.54) is 0 Å². The Morgan fingerprint density at radius 3 is 2.65 bits per heavy atom. The molecule has 2 N–H and O–H groups in total. The van der Waals surface area contributed by atoms with Crippen molar-refractivity contribution in [2.24, 2.45) is 0 Å². The Labute approximate surface area is 135 Å². The predicted molar refractivity (Wildman–Crippen MR) is 86.1 cm³/mol. The van der Waals surface area contributed by atoms with Crippen LogP contribution in [0.4, 0.5) is 0 Å². The normalized spacial score (nSPS) is 11.3. The Morgan fingerprint density at radius 1 is 1.35 bits per heavy atom. The third-order valence-corrected chi connectivity index (χ3v) is 3.37. The first-order chi connectivity index (χ1) is 10.9. The largest absolute Gasteiger partial charge is 0.497 e. The molecule has 0 bridgehead atoms. The molecular formula is C17H22N2O4. The molecule has 0 saturated heterocycles. The maximum atomic E-state index is 11.8. The molecule has 0 saturated carbocycles. The van der Waals surface area contributed by atoms with Gasteiger partial charge in [-0.1, -0.05) is 0 Å². The average Bonchev–Trinajstić information content (AvgIpc) is 3.01. The van der Waals surface area contributed by atoms with E-state index in [1.807, 2.05) is 24.3 Å². The molecule has 0 aliphatic rings. The van der Waals surface area contributed by atoms with Crippen LogP contribution in [0.1, 0.15) is 26.2 Å². The molecule has 0 spiro atoms. The summed E-state index contributed by atoms with van der Waals surface area (Å²) in [4.78, 5) is 16.0. The lowest BCUT2D eigenvalue weighted by Gasteiger charge is -2.23. The van der Waals surface area contributed by atoms with Gasteiger partial charge in [-0.25, -0.2) is 4.98 Å². The van der Waals surface area contributed by atoms with Crippen molar-refractivity contribution in [1.29, 1.82) is 0 Å². The molecule has 1 amide bonds. The van der Waals surface area contributed by atoms with E-state index < -0.39 is 5.54 Å². The molecule has 2 aromatic rings. The number of methoxy groups -OCH3 is 1. The van der Waals surface area contributed by atoms with E-state index in [0.29, 0.717) is 18.1 Å². The number of carbonyl (C=O) groups is 1. The summed E-state index contributed by atoms with van der Waals surface area (Å²) in [6.07, 6.45) is 2.31. The van der Waals surface area contributed by atoms with Crippen LogP contribution in [-0.2, 0) is 11.2 Å². The third kappa shape index (κ3) is 4.82. The molecule has 6 heteroatoms. The number of amides is 1. The number of aliphatic hydroxyl groups is 1. The van der Waals surface area contributed by atoms with Gasteiger partial charge in [0.15, 0.2) is 11.7 Å². The lowest BCUT2D eigenvalue weighted by Crippen LogP contribution is -2.46. The van der Waals surface area contributed by atoms with Crippen LogP contribution in [0.5, 0.6) is 5.75 Å².